The lowest BCUT2D eigenvalue weighted by Gasteiger charge is -2.23. The molecule has 2 nitrogen and oxygen atoms in total. The van der Waals surface area contributed by atoms with Gasteiger partial charge in [0.05, 0.1) is 11.6 Å². The van der Waals surface area contributed by atoms with Crippen LogP contribution in [-0.4, -0.2) is 25.8 Å². The summed E-state index contributed by atoms with van der Waals surface area (Å²) in [5, 5.41) is 3.69. The van der Waals surface area contributed by atoms with Crippen LogP contribution < -0.4 is 5.32 Å². The Morgan fingerprint density at radius 2 is 2.39 bits per heavy atom. The molecule has 1 heterocycles. The van der Waals surface area contributed by atoms with E-state index in [1.54, 1.807) is 12.1 Å². The minimum absolute atomic E-state index is 0.199. The van der Waals surface area contributed by atoms with Crippen LogP contribution in [0, 0.1) is 11.7 Å². The first-order valence-electron chi connectivity index (χ1n) is 6.45. The first-order valence-corrected chi connectivity index (χ1v) is 6.83. The minimum atomic E-state index is -0.357. The fourth-order valence-electron chi connectivity index (χ4n) is 2.46. The number of hydrogen-bond donors (Lipinski definition) is 1. The van der Waals surface area contributed by atoms with Gasteiger partial charge in [-0.25, -0.2) is 4.39 Å². The molecule has 0 amide bonds. The second-order valence-electron chi connectivity index (χ2n) is 4.74. The third-order valence-corrected chi connectivity index (χ3v) is 3.73. The largest absolute Gasteiger partial charge is 0.381 e. The van der Waals surface area contributed by atoms with Gasteiger partial charge >= 0.3 is 0 Å². The second-order valence-corrected chi connectivity index (χ2v) is 5.15. The topological polar surface area (TPSA) is 21.3 Å². The maximum Gasteiger partial charge on any atom is 0.141 e. The monoisotopic (exact) mass is 271 g/mol. The summed E-state index contributed by atoms with van der Waals surface area (Å²) < 4.78 is 18.6. The van der Waals surface area contributed by atoms with Gasteiger partial charge in [0.25, 0.3) is 0 Å². The smallest absolute Gasteiger partial charge is 0.141 e. The molecule has 0 spiro atoms. The number of halogens is 2. The summed E-state index contributed by atoms with van der Waals surface area (Å²) in [6, 6.07) is 5.34. The van der Waals surface area contributed by atoms with E-state index in [2.05, 4.69) is 12.2 Å². The van der Waals surface area contributed by atoms with Gasteiger partial charge in [0, 0.05) is 18.6 Å². The van der Waals surface area contributed by atoms with E-state index < -0.39 is 0 Å². The molecule has 2 rings (SSSR count). The zero-order valence-electron chi connectivity index (χ0n) is 10.6. The van der Waals surface area contributed by atoms with Crippen LogP contribution in [0.5, 0.6) is 0 Å². The summed E-state index contributed by atoms with van der Waals surface area (Å²) >= 11 is 5.81. The van der Waals surface area contributed by atoms with Gasteiger partial charge in [-0.1, -0.05) is 24.6 Å². The van der Waals surface area contributed by atoms with Crippen molar-refractivity contribution in [3.05, 3.63) is 34.6 Å². The third kappa shape index (κ3) is 3.44. The van der Waals surface area contributed by atoms with Crippen LogP contribution in [0.4, 0.5) is 4.39 Å². The number of benzene rings is 1. The molecule has 1 saturated heterocycles. The van der Waals surface area contributed by atoms with Crippen molar-refractivity contribution < 1.29 is 9.13 Å². The van der Waals surface area contributed by atoms with Crippen LogP contribution in [0.15, 0.2) is 18.2 Å². The lowest BCUT2D eigenvalue weighted by molar-refractivity contribution is 0.176. The van der Waals surface area contributed by atoms with Crippen molar-refractivity contribution in [3.63, 3.8) is 0 Å². The maximum atomic E-state index is 13.1. The Bertz CT molecular complexity index is 393. The van der Waals surface area contributed by atoms with E-state index in [0.717, 1.165) is 38.2 Å². The SMILES string of the molecule is CCNC(Cc1ccc(F)c(Cl)c1)C1CCOC1. The van der Waals surface area contributed by atoms with Crippen molar-refractivity contribution in [3.8, 4) is 0 Å². The quantitative estimate of drug-likeness (QED) is 0.889. The molecule has 1 aromatic rings. The van der Waals surface area contributed by atoms with Gasteiger partial charge < -0.3 is 10.1 Å². The number of likely N-dealkylation sites (N-methyl/N-ethyl adjacent to an activating group) is 1. The van der Waals surface area contributed by atoms with Crippen molar-refractivity contribution >= 4 is 11.6 Å². The van der Waals surface area contributed by atoms with Crippen LogP contribution in [0.1, 0.15) is 18.9 Å². The van der Waals surface area contributed by atoms with Crippen LogP contribution in [0.25, 0.3) is 0 Å². The van der Waals surface area contributed by atoms with Gasteiger partial charge in [-0.15, -0.1) is 0 Å². The number of ether oxygens (including phenoxy) is 1. The van der Waals surface area contributed by atoms with Gasteiger partial charge in [0.1, 0.15) is 5.82 Å². The highest BCUT2D eigenvalue weighted by molar-refractivity contribution is 6.30. The van der Waals surface area contributed by atoms with E-state index in [0.29, 0.717) is 12.0 Å². The van der Waals surface area contributed by atoms with E-state index in [9.17, 15) is 4.39 Å². The summed E-state index contributed by atoms with van der Waals surface area (Å²) in [5.41, 5.74) is 1.07. The standard InChI is InChI=1S/C14H19ClFNO/c1-2-17-14(11-5-6-18-9-11)8-10-3-4-13(16)12(15)7-10/h3-4,7,11,14,17H,2,5-6,8-9H2,1H3. The maximum absolute atomic E-state index is 13.1. The average molecular weight is 272 g/mol. The molecular formula is C14H19ClFNO. The van der Waals surface area contributed by atoms with Crippen molar-refractivity contribution in [2.45, 2.75) is 25.8 Å². The van der Waals surface area contributed by atoms with Gasteiger partial charge in [0.15, 0.2) is 0 Å². The summed E-state index contributed by atoms with van der Waals surface area (Å²) in [4.78, 5) is 0. The molecule has 18 heavy (non-hydrogen) atoms. The van der Waals surface area contributed by atoms with Crippen molar-refractivity contribution in [1.29, 1.82) is 0 Å². The molecule has 1 N–H and O–H groups in total. The Balaban J connectivity index is 2.04. The summed E-state index contributed by atoms with van der Waals surface area (Å²) in [6.07, 6.45) is 1.95. The van der Waals surface area contributed by atoms with Crippen molar-refractivity contribution in [2.75, 3.05) is 19.8 Å². The van der Waals surface area contributed by atoms with Crippen LogP contribution in [0.2, 0.25) is 5.02 Å². The molecule has 2 unspecified atom stereocenters. The molecule has 0 aliphatic carbocycles. The molecule has 1 aliphatic rings. The Morgan fingerprint density at radius 3 is 3.00 bits per heavy atom. The summed E-state index contributed by atoms with van der Waals surface area (Å²) in [6.45, 7) is 4.68. The normalized spacial score (nSPS) is 21.2. The predicted octanol–water partition coefficient (Wildman–Crippen LogP) is 3.04. The minimum Gasteiger partial charge on any atom is -0.381 e. The Kier molecular flexibility index (Phi) is 4.98. The number of rotatable bonds is 5. The molecule has 4 heteroatoms. The number of hydrogen-bond acceptors (Lipinski definition) is 2. The second kappa shape index (κ2) is 6.50. The average Bonchev–Trinajstić information content (AvgIpc) is 2.87. The molecule has 100 valence electrons. The molecule has 0 aromatic heterocycles. The van der Waals surface area contributed by atoms with Crippen LogP contribution >= 0.6 is 11.6 Å². The molecule has 1 fully saturated rings. The first kappa shape index (κ1) is 13.8. The highest BCUT2D eigenvalue weighted by Gasteiger charge is 2.25. The Morgan fingerprint density at radius 1 is 1.56 bits per heavy atom. The van der Waals surface area contributed by atoms with Gasteiger partial charge in [-0.3, -0.25) is 0 Å². The van der Waals surface area contributed by atoms with E-state index in [1.165, 1.54) is 6.07 Å². The zero-order chi connectivity index (χ0) is 13.0. The summed E-state index contributed by atoms with van der Waals surface area (Å²) in [5.74, 6) is 0.179. The highest BCUT2D eigenvalue weighted by atomic mass is 35.5. The van der Waals surface area contributed by atoms with Crippen LogP contribution in [0.3, 0.4) is 0 Å². The van der Waals surface area contributed by atoms with Crippen molar-refractivity contribution in [1.82, 2.24) is 5.32 Å². The van der Waals surface area contributed by atoms with E-state index >= 15 is 0 Å². The lowest BCUT2D eigenvalue weighted by Crippen LogP contribution is -2.38. The van der Waals surface area contributed by atoms with E-state index in [-0.39, 0.29) is 10.8 Å². The third-order valence-electron chi connectivity index (χ3n) is 3.44. The van der Waals surface area contributed by atoms with Gasteiger partial charge in [-0.05, 0) is 37.1 Å². The summed E-state index contributed by atoms with van der Waals surface area (Å²) in [7, 11) is 0. The highest BCUT2D eigenvalue weighted by Crippen LogP contribution is 2.22. The van der Waals surface area contributed by atoms with E-state index in [1.807, 2.05) is 0 Å². The van der Waals surface area contributed by atoms with Gasteiger partial charge in [-0.2, -0.15) is 0 Å². The van der Waals surface area contributed by atoms with Crippen LogP contribution in [-0.2, 0) is 11.2 Å². The Hall–Kier alpha value is -0.640. The molecule has 0 radical (unpaired) electrons. The molecule has 0 saturated carbocycles. The first-order chi connectivity index (χ1) is 8.70. The fourth-order valence-corrected chi connectivity index (χ4v) is 2.66. The molecular weight excluding hydrogens is 253 g/mol. The van der Waals surface area contributed by atoms with E-state index in [4.69, 9.17) is 16.3 Å². The Labute approximate surface area is 112 Å². The number of nitrogens with one attached hydrogen (secondary N) is 1. The molecule has 1 aromatic carbocycles. The molecule has 1 aliphatic heterocycles. The lowest BCUT2D eigenvalue weighted by atomic mass is 9.93. The van der Waals surface area contributed by atoms with Crippen molar-refractivity contribution in [2.24, 2.45) is 5.92 Å². The predicted molar refractivity (Wildman–Crippen MR) is 71.5 cm³/mol. The molecule has 2 atom stereocenters. The fraction of sp³-hybridized carbons (Fsp3) is 0.571. The molecule has 0 bridgehead atoms. The zero-order valence-corrected chi connectivity index (χ0v) is 11.3. The van der Waals surface area contributed by atoms with Gasteiger partial charge in [0.2, 0.25) is 0 Å².